The molecule has 4 heteroatoms. The van der Waals surface area contributed by atoms with Crippen LogP contribution in [0, 0.1) is 6.92 Å². The third-order valence-corrected chi connectivity index (χ3v) is 5.35. The molecule has 2 aliphatic rings. The Bertz CT molecular complexity index is 447. The highest BCUT2D eigenvalue weighted by Gasteiger charge is 2.43. The van der Waals surface area contributed by atoms with Crippen LogP contribution in [0.25, 0.3) is 0 Å². The van der Waals surface area contributed by atoms with Gasteiger partial charge in [0.1, 0.15) is 11.6 Å². The molecule has 1 aromatic heterocycles. The van der Waals surface area contributed by atoms with Gasteiger partial charge in [0.2, 0.25) is 0 Å². The average molecular weight is 262 g/mol. The second-order valence-corrected chi connectivity index (χ2v) is 6.65. The maximum Gasteiger partial charge on any atom is 0.140 e. The number of hydrogen-bond donors (Lipinski definition) is 1. The van der Waals surface area contributed by atoms with Crippen molar-refractivity contribution in [3.05, 3.63) is 11.6 Å². The van der Waals surface area contributed by atoms with E-state index in [1.807, 2.05) is 0 Å². The number of nitrogens with zero attached hydrogens (tertiary/aromatic N) is 3. The fraction of sp³-hybridized carbons (Fsp3) is 0.867. The maximum absolute atomic E-state index is 6.37. The van der Waals surface area contributed by atoms with E-state index < -0.39 is 0 Å². The minimum absolute atomic E-state index is 0.0265. The van der Waals surface area contributed by atoms with E-state index in [1.54, 1.807) is 0 Å². The largest absolute Gasteiger partial charge is 0.327 e. The number of hydrogen-bond acceptors (Lipinski definition) is 3. The van der Waals surface area contributed by atoms with Crippen molar-refractivity contribution in [1.29, 1.82) is 0 Å². The zero-order valence-corrected chi connectivity index (χ0v) is 12.2. The molecular formula is C15H26N4. The molecule has 4 nitrogen and oxygen atoms in total. The van der Waals surface area contributed by atoms with Crippen LogP contribution in [0.4, 0.5) is 0 Å². The van der Waals surface area contributed by atoms with Gasteiger partial charge in [-0.15, -0.1) is 10.2 Å². The summed E-state index contributed by atoms with van der Waals surface area (Å²) >= 11 is 0. The molecule has 0 amide bonds. The van der Waals surface area contributed by atoms with Crippen molar-refractivity contribution in [2.24, 2.45) is 5.73 Å². The van der Waals surface area contributed by atoms with E-state index in [1.165, 1.54) is 38.5 Å². The van der Waals surface area contributed by atoms with Crippen molar-refractivity contribution in [1.82, 2.24) is 14.8 Å². The highest BCUT2D eigenvalue weighted by atomic mass is 15.3. The van der Waals surface area contributed by atoms with Crippen LogP contribution in [-0.4, -0.2) is 20.8 Å². The van der Waals surface area contributed by atoms with E-state index in [0.717, 1.165) is 24.5 Å². The van der Waals surface area contributed by atoms with Gasteiger partial charge >= 0.3 is 0 Å². The van der Waals surface area contributed by atoms with Crippen molar-refractivity contribution in [3.8, 4) is 0 Å². The molecule has 0 radical (unpaired) electrons. The molecule has 2 fully saturated rings. The smallest absolute Gasteiger partial charge is 0.140 e. The fourth-order valence-electron chi connectivity index (χ4n) is 4.01. The standard InChI is InChI=1S/C15H26N4/c1-11-17-18-14(15(2)10-6-9-13(15)16)19(11)12-7-4-3-5-8-12/h12-13H,3-10,16H2,1-2H3. The summed E-state index contributed by atoms with van der Waals surface area (Å²) < 4.78 is 2.42. The first-order valence-electron chi connectivity index (χ1n) is 7.80. The summed E-state index contributed by atoms with van der Waals surface area (Å²) in [6, 6.07) is 0.835. The minimum Gasteiger partial charge on any atom is -0.327 e. The topological polar surface area (TPSA) is 56.7 Å². The molecule has 0 saturated heterocycles. The second kappa shape index (κ2) is 4.89. The molecule has 2 aliphatic carbocycles. The van der Waals surface area contributed by atoms with Gasteiger partial charge in [0.05, 0.1) is 0 Å². The first kappa shape index (κ1) is 13.1. The third-order valence-electron chi connectivity index (χ3n) is 5.35. The lowest BCUT2D eigenvalue weighted by Gasteiger charge is -2.33. The Morgan fingerprint density at radius 2 is 1.84 bits per heavy atom. The normalized spacial score (nSPS) is 32.9. The molecule has 2 N–H and O–H groups in total. The summed E-state index contributed by atoms with van der Waals surface area (Å²) in [6.45, 7) is 4.38. The monoisotopic (exact) mass is 262 g/mol. The van der Waals surface area contributed by atoms with Crippen molar-refractivity contribution in [2.75, 3.05) is 0 Å². The minimum atomic E-state index is 0.0265. The molecule has 0 spiro atoms. The maximum atomic E-state index is 6.37. The zero-order valence-electron chi connectivity index (χ0n) is 12.2. The lowest BCUT2D eigenvalue weighted by atomic mass is 9.83. The van der Waals surface area contributed by atoms with Crippen LogP contribution in [0.1, 0.15) is 76.0 Å². The van der Waals surface area contributed by atoms with Crippen LogP contribution in [-0.2, 0) is 5.41 Å². The molecule has 19 heavy (non-hydrogen) atoms. The highest BCUT2D eigenvalue weighted by molar-refractivity contribution is 5.17. The van der Waals surface area contributed by atoms with Gasteiger partial charge in [-0.05, 0) is 32.6 Å². The summed E-state index contributed by atoms with van der Waals surface area (Å²) in [5.41, 5.74) is 6.40. The molecule has 2 saturated carbocycles. The van der Waals surface area contributed by atoms with Crippen LogP contribution < -0.4 is 5.73 Å². The van der Waals surface area contributed by atoms with Gasteiger partial charge in [-0.2, -0.15) is 0 Å². The van der Waals surface area contributed by atoms with E-state index >= 15 is 0 Å². The van der Waals surface area contributed by atoms with Crippen LogP contribution in [0.2, 0.25) is 0 Å². The Morgan fingerprint density at radius 3 is 2.47 bits per heavy atom. The average Bonchev–Trinajstić information content (AvgIpc) is 2.96. The van der Waals surface area contributed by atoms with Gasteiger partial charge in [-0.1, -0.05) is 32.6 Å². The molecule has 0 bridgehead atoms. The third kappa shape index (κ3) is 2.10. The number of rotatable bonds is 2. The molecule has 2 atom stereocenters. The molecule has 1 heterocycles. The number of nitrogens with two attached hydrogens (primary N) is 1. The van der Waals surface area contributed by atoms with Crippen LogP contribution >= 0.6 is 0 Å². The van der Waals surface area contributed by atoms with Gasteiger partial charge < -0.3 is 10.3 Å². The van der Waals surface area contributed by atoms with E-state index in [-0.39, 0.29) is 11.5 Å². The first-order valence-corrected chi connectivity index (χ1v) is 7.80. The Labute approximate surface area is 115 Å². The van der Waals surface area contributed by atoms with Gasteiger partial charge in [0, 0.05) is 17.5 Å². The Hall–Kier alpha value is -0.900. The van der Waals surface area contributed by atoms with Gasteiger partial charge in [-0.3, -0.25) is 0 Å². The number of aryl methyl sites for hydroxylation is 1. The SMILES string of the molecule is Cc1nnc(C2(C)CCCC2N)n1C1CCCCC1. The Kier molecular flexibility index (Phi) is 3.37. The summed E-state index contributed by atoms with van der Waals surface area (Å²) in [7, 11) is 0. The fourth-order valence-corrected chi connectivity index (χ4v) is 4.01. The lowest BCUT2D eigenvalue weighted by molar-refractivity contribution is 0.307. The van der Waals surface area contributed by atoms with Crippen molar-refractivity contribution in [2.45, 2.75) is 82.7 Å². The Morgan fingerprint density at radius 1 is 1.11 bits per heavy atom. The summed E-state index contributed by atoms with van der Waals surface area (Å²) in [5.74, 6) is 2.23. The number of aromatic nitrogens is 3. The molecule has 3 rings (SSSR count). The van der Waals surface area contributed by atoms with Crippen molar-refractivity contribution >= 4 is 0 Å². The predicted molar refractivity (Wildman–Crippen MR) is 76.1 cm³/mol. The predicted octanol–water partition coefficient (Wildman–Crippen LogP) is 2.86. The summed E-state index contributed by atoms with van der Waals surface area (Å²) in [5, 5.41) is 8.90. The summed E-state index contributed by atoms with van der Waals surface area (Å²) in [4.78, 5) is 0. The van der Waals surface area contributed by atoms with Crippen LogP contribution in [0.15, 0.2) is 0 Å². The molecule has 0 aliphatic heterocycles. The second-order valence-electron chi connectivity index (χ2n) is 6.65. The van der Waals surface area contributed by atoms with Crippen LogP contribution in [0.5, 0.6) is 0 Å². The van der Waals surface area contributed by atoms with E-state index in [2.05, 4.69) is 28.6 Å². The molecule has 2 unspecified atom stereocenters. The molecule has 1 aromatic rings. The van der Waals surface area contributed by atoms with Crippen LogP contribution in [0.3, 0.4) is 0 Å². The first-order chi connectivity index (χ1) is 9.13. The summed E-state index contributed by atoms with van der Waals surface area (Å²) in [6.07, 6.45) is 10.1. The quantitative estimate of drug-likeness (QED) is 0.891. The van der Waals surface area contributed by atoms with E-state index in [9.17, 15) is 0 Å². The van der Waals surface area contributed by atoms with E-state index in [0.29, 0.717) is 6.04 Å². The van der Waals surface area contributed by atoms with Crippen molar-refractivity contribution in [3.63, 3.8) is 0 Å². The van der Waals surface area contributed by atoms with Gasteiger partial charge in [-0.25, -0.2) is 0 Å². The molecule has 106 valence electrons. The molecule has 0 aromatic carbocycles. The van der Waals surface area contributed by atoms with Gasteiger partial charge in [0.25, 0.3) is 0 Å². The molecular weight excluding hydrogens is 236 g/mol. The lowest BCUT2D eigenvalue weighted by Crippen LogP contribution is -2.41. The van der Waals surface area contributed by atoms with Gasteiger partial charge in [0.15, 0.2) is 0 Å². The Balaban J connectivity index is 1.98. The van der Waals surface area contributed by atoms with E-state index in [4.69, 9.17) is 5.73 Å². The zero-order chi connectivity index (χ0) is 13.5. The highest BCUT2D eigenvalue weighted by Crippen LogP contribution is 2.41. The van der Waals surface area contributed by atoms with Crippen molar-refractivity contribution < 1.29 is 0 Å².